The summed E-state index contributed by atoms with van der Waals surface area (Å²) < 4.78 is 51.8. The number of carbonyl (C=O) groups is 2. The van der Waals surface area contributed by atoms with Crippen LogP contribution in [0.3, 0.4) is 0 Å². The van der Waals surface area contributed by atoms with Gasteiger partial charge in [0.2, 0.25) is 5.91 Å². The van der Waals surface area contributed by atoms with Gasteiger partial charge >= 0.3 is 0 Å². The molecule has 2 N–H and O–H groups in total. The fourth-order valence-corrected chi connectivity index (χ4v) is 5.08. The lowest BCUT2D eigenvalue weighted by molar-refractivity contribution is -0.142. The number of hydrogen-bond acceptors (Lipinski definition) is 7. The number of aromatic nitrogens is 1. The smallest absolute Gasteiger partial charge is 0.261 e. The van der Waals surface area contributed by atoms with E-state index in [1.807, 2.05) is 0 Å². The average Bonchev–Trinajstić information content (AvgIpc) is 3.03. The van der Waals surface area contributed by atoms with Crippen LogP contribution < -0.4 is 19.5 Å². The molecule has 3 aromatic carbocycles. The molecule has 1 heterocycles. The summed E-state index contributed by atoms with van der Waals surface area (Å²) in [6, 6.07) is 20.3. The van der Waals surface area contributed by atoms with Gasteiger partial charge in [0.1, 0.15) is 23.4 Å². The number of pyridine rings is 1. The molecule has 0 unspecified atom stereocenters. The number of amides is 2. The summed E-state index contributed by atoms with van der Waals surface area (Å²) in [5.41, 5.74) is 1.86. The first kappa shape index (κ1) is 31.0. The lowest BCUT2D eigenvalue weighted by Gasteiger charge is -2.29. The lowest BCUT2D eigenvalue weighted by Crippen LogP contribution is -2.48. The average molecular weight is 607 g/mol. The zero-order valence-corrected chi connectivity index (χ0v) is 24.4. The number of carbonyl (C=O) groups excluding carboxylic acids is 2. The maximum absolute atomic E-state index is 13.4. The molecule has 4 aromatic rings. The summed E-state index contributed by atoms with van der Waals surface area (Å²) >= 11 is 0. The Labute approximate surface area is 249 Å². The molecule has 0 aliphatic rings. The minimum absolute atomic E-state index is 0.0453. The molecule has 0 fully saturated rings. The van der Waals surface area contributed by atoms with Crippen LogP contribution in [0.25, 0.3) is 0 Å². The zero-order chi connectivity index (χ0) is 30.8. The molecule has 4 rings (SSSR count). The van der Waals surface area contributed by atoms with E-state index in [2.05, 4.69) is 15.0 Å². The van der Waals surface area contributed by atoms with Gasteiger partial charge in [0, 0.05) is 31.2 Å². The van der Waals surface area contributed by atoms with E-state index in [-0.39, 0.29) is 35.3 Å². The van der Waals surface area contributed by atoms with Gasteiger partial charge in [-0.1, -0.05) is 12.1 Å². The van der Waals surface area contributed by atoms with E-state index in [9.17, 15) is 22.4 Å². The topological polar surface area (TPSA) is 127 Å². The number of methoxy groups -OCH3 is 1. The van der Waals surface area contributed by atoms with Gasteiger partial charge in [0.15, 0.2) is 6.61 Å². The number of nitrogens with zero attached hydrogens (tertiary/aromatic N) is 2. The standard InChI is InChI=1S/C31H31FN4O6S/c1-22(31(38)34-19-23-15-17-33-18-16-23)36(20-24-3-9-27(41-2)10-4-24)30(37)21-42-28-11-13-29(14-12-28)43(39,40)35-26-7-5-25(32)6-8-26/h3-18,22,35H,19-21H2,1-2H3,(H,34,38)/t22-/m1/s1. The van der Waals surface area contributed by atoms with Crippen molar-refractivity contribution in [1.29, 1.82) is 0 Å². The van der Waals surface area contributed by atoms with Gasteiger partial charge in [-0.3, -0.25) is 19.3 Å². The predicted octanol–water partition coefficient (Wildman–Crippen LogP) is 4.14. The van der Waals surface area contributed by atoms with Crippen molar-refractivity contribution in [3.63, 3.8) is 0 Å². The van der Waals surface area contributed by atoms with Crippen molar-refractivity contribution in [3.05, 3.63) is 114 Å². The van der Waals surface area contributed by atoms with Crippen LogP contribution in [0.4, 0.5) is 10.1 Å². The number of sulfonamides is 1. The highest BCUT2D eigenvalue weighted by molar-refractivity contribution is 7.92. The summed E-state index contributed by atoms with van der Waals surface area (Å²) in [7, 11) is -2.38. The largest absolute Gasteiger partial charge is 0.497 e. The Bertz CT molecular complexity index is 1620. The third kappa shape index (κ3) is 8.76. The molecule has 224 valence electrons. The number of rotatable bonds is 13. The molecule has 1 atom stereocenters. The molecule has 0 saturated carbocycles. The van der Waals surface area contributed by atoms with Gasteiger partial charge in [-0.25, -0.2) is 12.8 Å². The summed E-state index contributed by atoms with van der Waals surface area (Å²) in [4.78, 5) is 31.8. The van der Waals surface area contributed by atoms with Crippen LogP contribution in [-0.2, 0) is 32.7 Å². The van der Waals surface area contributed by atoms with Crippen LogP contribution in [0.5, 0.6) is 11.5 Å². The highest BCUT2D eigenvalue weighted by Crippen LogP contribution is 2.20. The third-order valence-electron chi connectivity index (χ3n) is 6.49. The number of anilines is 1. The Morgan fingerprint density at radius 1 is 0.884 bits per heavy atom. The van der Waals surface area contributed by atoms with E-state index in [0.29, 0.717) is 5.75 Å². The molecular weight excluding hydrogens is 575 g/mol. The molecule has 12 heteroatoms. The first-order valence-corrected chi connectivity index (χ1v) is 14.7. The Balaban J connectivity index is 1.42. The van der Waals surface area contributed by atoms with Crippen molar-refractivity contribution in [2.75, 3.05) is 18.4 Å². The maximum atomic E-state index is 13.4. The molecule has 0 bridgehead atoms. The minimum atomic E-state index is -3.93. The molecule has 43 heavy (non-hydrogen) atoms. The van der Waals surface area contributed by atoms with Crippen LogP contribution >= 0.6 is 0 Å². The highest BCUT2D eigenvalue weighted by atomic mass is 32.2. The number of benzene rings is 3. The molecule has 2 amide bonds. The Morgan fingerprint density at radius 3 is 2.14 bits per heavy atom. The summed E-state index contributed by atoms with van der Waals surface area (Å²) in [6.45, 7) is 1.66. The van der Waals surface area contributed by atoms with Gasteiger partial charge in [0.25, 0.3) is 15.9 Å². The van der Waals surface area contributed by atoms with Crippen molar-refractivity contribution < 1.29 is 31.9 Å². The lowest BCUT2D eigenvalue weighted by atomic mass is 10.1. The maximum Gasteiger partial charge on any atom is 0.261 e. The van der Waals surface area contributed by atoms with E-state index in [1.54, 1.807) is 62.8 Å². The molecule has 0 aliphatic heterocycles. The Morgan fingerprint density at radius 2 is 1.51 bits per heavy atom. The second-order valence-electron chi connectivity index (χ2n) is 9.49. The minimum Gasteiger partial charge on any atom is -0.497 e. The third-order valence-corrected chi connectivity index (χ3v) is 7.89. The molecule has 0 aliphatic carbocycles. The van der Waals surface area contributed by atoms with E-state index in [4.69, 9.17) is 9.47 Å². The number of ether oxygens (including phenoxy) is 2. The second-order valence-corrected chi connectivity index (χ2v) is 11.2. The first-order valence-electron chi connectivity index (χ1n) is 13.2. The van der Waals surface area contributed by atoms with Crippen molar-refractivity contribution in [3.8, 4) is 11.5 Å². The van der Waals surface area contributed by atoms with Gasteiger partial charge in [-0.15, -0.1) is 0 Å². The van der Waals surface area contributed by atoms with Crippen LogP contribution in [0.15, 0.2) is 102 Å². The first-order chi connectivity index (χ1) is 20.6. The van der Waals surface area contributed by atoms with Gasteiger partial charge in [-0.2, -0.15) is 0 Å². The fourth-order valence-electron chi connectivity index (χ4n) is 4.02. The van der Waals surface area contributed by atoms with E-state index >= 15 is 0 Å². The quantitative estimate of drug-likeness (QED) is 0.234. The van der Waals surface area contributed by atoms with E-state index < -0.39 is 34.4 Å². The van der Waals surface area contributed by atoms with Gasteiger partial charge in [-0.05, 0) is 90.8 Å². The van der Waals surface area contributed by atoms with Crippen molar-refractivity contribution >= 4 is 27.5 Å². The highest BCUT2D eigenvalue weighted by Gasteiger charge is 2.26. The van der Waals surface area contributed by atoms with Crippen molar-refractivity contribution in [1.82, 2.24) is 15.2 Å². The van der Waals surface area contributed by atoms with Crippen LogP contribution in [-0.4, -0.2) is 49.9 Å². The molecule has 0 radical (unpaired) electrons. The monoisotopic (exact) mass is 606 g/mol. The summed E-state index contributed by atoms with van der Waals surface area (Å²) in [5, 5.41) is 2.85. The van der Waals surface area contributed by atoms with Crippen LogP contribution in [0.1, 0.15) is 18.1 Å². The molecule has 0 spiro atoms. The molecule has 1 aromatic heterocycles. The fraction of sp³-hybridized carbons (Fsp3) is 0.194. The summed E-state index contributed by atoms with van der Waals surface area (Å²) in [5.74, 6) is -0.361. The number of halogens is 1. The van der Waals surface area contributed by atoms with Crippen LogP contribution in [0, 0.1) is 5.82 Å². The Kier molecular flexibility index (Phi) is 10.3. The Hall–Kier alpha value is -4.97. The normalized spacial score (nSPS) is 11.7. The van der Waals surface area contributed by atoms with Crippen molar-refractivity contribution in [2.45, 2.75) is 31.0 Å². The molecule has 0 saturated heterocycles. The van der Waals surface area contributed by atoms with Gasteiger partial charge in [0.05, 0.1) is 12.0 Å². The number of nitrogens with one attached hydrogen (secondary N) is 2. The van der Waals surface area contributed by atoms with E-state index in [0.717, 1.165) is 23.3 Å². The molecule has 10 nitrogen and oxygen atoms in total. The van der Waals surface area contributed by atoms with Crippen molar-refractivity contribution in [2.24, 2.45) is 0 Å². The van der Waals surface area contributed by atoms with Crippen LogP contribution in [0.2, 0.25) is 0 Å². The molecular formula is C31H31FN4O6S. The van der Waals surface area contributed by atoms with Gasteiger partial charge < -0.3 is 19.7 Å². The van der Waals surface area contributed by atoms with E-state index in [1.165, 1.54) is 41.3 Å². The number of hydrogen-bond donors (Lipinski definition) is 2. The summed E-state index contributed by atoms with van der Waals surface area (Å²) in [6.07, 6.45) is 3.26. The SMILES string of the molecule is COc1ccc(CN(C(=O)COc2ccc(S(=O)(=O)Nc3ccc(F)cc3)cc2)[C@H](C)C(=O)NCc2ccncc2)cc1. The zero-order valence-electron chi connectivity index (χ0n) is 23.6. The second kappa shape index (κ2) is 14.3. The predicted molar refractivity (Wildman–Crippen MR) is 158 cm³/mol.